The predicted octanol–water partition coefficient (Wildman–Crippen LogP) is -1.55. The normalized spacial score (nSPS) is 44.7. The summed E-state index contributed by atoms with van der Waals surface area (Å²) < 4.78 is 5.05. The fourth-order valence-electron chi connectivity index (χ4n) is 1.30. The maximum atomic E-state index is 9.51. The van der Waals surface area contributed by atoms with Gasteiger partial charge in [-0.3, -0.25) is 0 Å². The van der Waals surface area contributed by atoms with Gasteiger partial charge in [-0.05, 0) is 0 Å². The minimum Gasteiger partial charge on any atom is -0.393 e. The fraction of sp³-hybridized carbons (Fsp3) is 1.00. The van der Waals surface area contributed by atoms with Gasteiger partial charge in [-0.2, -0.15) is 0 Å². The number of rotatable bonds is 2. The van der Waals surface area contributed by atoms with E-state index in [9.17, 15) is 10.2 Å². The molecule has 1 fully saturated rings. The van der Waals surface area contributed by atoms with E-state index in [4.69, 9.17) is 17.7 Å². The highest BCUT2D eigenvalue weighted by Crippen LogP contribution is 2.29. The van der Waals surface area contributed by atoms with Crippen molar-refractivity contribution in [3.63, 3.8) is 0 Å². The van der Waals surface area contributed by atoms with Gasteiger partial charge in [-0.25, -0.2) is 0 Å². The molecule has 0 aromatic rings. The van der Waals surface area contributed by atoms with Crippen LogP contribution in [0.5, 0.6) is 0 Å². The van der Waals surface area contributed by atoms with Gasteiger partial charge in [0.2, 0.25) is 0 Å². The van der Waals surface area contributed by atoms with Gasteiger partial charge in [0.05, 0.1) is 27.2 Å². The SMILES string of the molecule is [B][C@H](C)C1OC[C@@](O)(CO)[C@@H]1O. The van der Waals surface area contributed by atoms with Gasteiger partial charge in [0, 0.05) is 0 Å². The van der Waals surface area contributed by atoms with E-state index in [2.05, 4.69) is 0 Å². The third-order valence-corrected chi connectivity index (χ3v) is 2.18. The van der Waals surface area contributed by atoms with Crippen molar-refractivity contribution in [3.05, 3.63) is 0 Å². The Kier molecular flexibility index (Phi) is 2.78. The van der Waals surface area contributed by atoms with Crippen LogP contribution in [-0.2, 0) is 4.74 Å². The first-order valence-electron chi connectivity index (χ1n) is 3.90. The second-order valence-electron chi connectivity index (χ2n) is 3.34. The average molecular weight is 172 g/mol. The van der Waals surface area contributed by atoms with Crippen molar-refractivity contribution in [2.75, 3.05) is 13.2 Å². The lowest BCUT2D eigenvalue weighted by Crippen LogP contribution is -2.47. The van der Waals surface area contributed by atoms with Crippen molar-refractivity contribution in [1.82, 2.24) is 0 Å². The molecule has 2 radical (unpaired) electrons. The summed E-state index contributed by atoms with van der Waals surface area (Å²) in [5.41, 5.74) is -1.54. The molecular formula is C7H13BO4. The third kappa shape index (κ3) is 1.50. The summed E-state index contributed by atoms with van der Waals surface area (Å²) in [6, 6.07) is 0. The molecule has 1 aliphatic rings. The number of ether oxygens (including phenoxy) is 1. The molecule has 0 aromatic carbocycles. The van der Waals surface area contributed by atoms with Crippen LogP contribution in [0.4, 0.5) is 0 Å². The van der Waals surface area contributed by atoms with Crippen molar-refractivity contribution >= 4 is 7.85 Å². The monoisotopic (exact) mass is 172 g/mol. The molecule has 0 spiro atoms. The lowest BCUT2D eigenvalue weighted by molar-refractivity contribution is -0.0815. The van der Waals surface area contributed by atoms with Gasteiger partial charge in [0.25, 0.3) is 0 Å². The van der Waals surface area contributed by atoms with Crippen molar-refractivity contribution in [2.45, 2.75) is 30.5 Å². The largest absolute Gasteiger partial charge is 0.393 e. The molecule has 1 aliphatic heterocycles. The Morgan fingerprint density at radius 1 is 1.75 bits per heavy atom. The van der Waals surface area contributed by atoms with E-state index < -0.39 is 24.4 Å². The van der Waals surface area contributed by atoms with Crippen molar-refractivity contribution < 1.29 is 20.1 Å². The van der Waals surface area contributed by atoms with Crippen LogP contribution < -0.4 is 0 Å². The van der Waals surface area contributed by atoms with Gasteiger partial charge < -0.3 is 20.1 Å². The van der Waals surface area contributed by atoms with E-state index in [1.807, 2.05) is 0 Å². The summed E-state index contributed by atoms with van der Waals surface area (Å²) in [5.74, 6) is -0.361. The highest BCUT2D eigenvalue weighted by atomic mass is 16.5. The van der Waals surface area contributed by atoms with E-state index >= 15 is 0 Å². The summed E-state index contributed by atoms with van der Waals surface area (Å²) in [4.78, 5) is 0. The molecule has 1 unspecified atom stereocenters. The second kappa shape index (κ2) is 3.34. The molecule has 1 rings (SSSR count). The van der Waals surface area contributed by atoms with Crippen LogP contribution >= 0.6 is 0 Å². The molecule has 0 aromatic heterocycles. The lowest BCUT2D eigenvalue weighted by atomic mass is 9.80. The topological polar surface area (TPSA) is 69.9 Å². The Hall–Kier alpha value is -0.0951. The number of aliphatic hydroxyl groups is 3. The standard InChI is InChI=1S/C7H13BO4/c1-4(8)5-6(10)7(11,2-9)3-12-5/h4-6,9-11H,2-3H2,1H3/t4-,5?,6-,7+/m1/s1. The van der Waals surface area contributed by atoms with Gasteiger partial charge in [0.15, 0.2) is 0 Å². The quantitative estimate of drug-likeness (QED) is 0.441. The number of hydrogen-bond donors (Lipinski definition) is 3. The molecule has 1 heterocycles. The molecule has 0 bridgehead atoms. The summed E-state index contributed by atoms with van der Waals surface area (Å²) in [5, 5.41) is 27.7. The summed E-state index contributed by atoms with van der Waals surface area (Å²) in [6.45, 7) is 1.09. The van der Waals surface area contributed by atoms with Crippen molar-refractivity contribution in [1.29, 1.82) is 0 Å². The molecule has 12 heavy (non-hydrogen) atoms. The Morgan fingerprint density at radius 3 is 2.58 bits per heavy atom. The van der Waals surface area contributed by atoms with E-state index in [0.717, 1.165) is 0 Å². The Bertz CT molecular complexity index is 163. The van der Waals surface area contributed by atoms with Crippen LogP contribution in [0.1, 0.15) is 6.92 Å². The third-order valence-electron chi connectivity index (χ3n) is 2.18. The highest BCUT2D eigenvalue weighted by molar-refractivity contribution is 6.11. The molecule has 5 heteroatoms. The van der Waals surface area contributed by atoms with Gasteiger partial charge in [-0.1, -0.05) is 12.7 Å². The van der Waals surface area contributed by atoms with Crippen LogP contribution in [0.25, 0.3) is 0 Å². The molecule has 4 nitrogen and oxygen atoms in total. The van der Waals surface area contributed by atoms with Crippen LogP contribution in [0.3, 0.4) is 0 Å². The predicted molar refractivity (Wildman–Crippen MR) is 43.0 cm³/mol. The first-order chi connectivity index (χ1) is 5.51. The van der Waals surface area contributed by atoms with Crippen molar-refractivity contribution in [2.24, 2.45) is 0 Å². The molecular weight excluding hydrogens is 159 g/mol. The zero-order valence-corrected chi connectivity index (χ0v) is 6.97. The fourth-order valence-corrected chi connectivity index (χ4v) is 1.30. The van der Waals surface area contributed by atoms with Crippen LogP contribution in [0, 0.1) is 0 Å². The first kappa shape index (κ1) is 9.99. The number of hydrogen-bond acceptors (Lipinski definition) is 4. The molecule has 3 N–H and O–H groups in total. The second-order valence-corrected chi connectivity index (χ2v) is 3.34. The summed E-state index contributed by atoms with van der Waals surface area (Å²) in [7, 11) is 5.49. The van der Waals surface area contributed by atoms with E-state index in [1.54, 1.807) is 6.92 Å². The van der Waals surface area contributed by atoms with Gasteiger partial charge in [-0.15, -0.1) is 0 Å². The maximum Gasteiger partial charge on any atom is 0.139 e. The average Bonchev–Trinajstić information content (AvgIpc) is 2.30. The van der Waals surface area contributed by atoms with Crippen LogP contribution in [0.15, 0.2) is 0 Å². The van der Waals surface area contributed by atoms with E-state index in [1.165, 1.54) is 0 Å². The van der Waals surface area contributed by atoms with Crippen LogP contribution in [0.2, 0.25) is 5.82 Å². The molecule has 68 valence electrons. The lowest BCUT2D eigenvalue weighted by Gasteiger charge is -2.25. The van der Waals surface area contributed by atoms with Crippen LogP contribution in [-0.4, -0.2) is 54.2 Å². The Labute approximate surface area is 72.6 Å². The maximum absolute atomic E-state index is 9.51. The van der Waals surface area contributed by atoms with Gasteiger partial charge in [0.1, 0.15) is 11.7 Å². The Balaban J connectivity index is 2.66. The van der Waals surface area contributed by atoms with E-state index in [0.29, 0.717) is 0 Å². The molecule has 1 saturated heterocycles. The minimum absolute atomic E-state index is 0.0725. The first-order valence-corrected chi connectivity index (χ1v) is 3.90. The molecule has 0 saturated carbocycles. The zero-order valence-electron chi connectivity index (χ0n) is 6.97. The molecule has 0 aliphatic carbocycles. The molecule has 4 atom stereocenters. The highest BCUT2D eigenvalue weighted by Gasteiger charge is 2.48. The summed E-state index contributed by atoms with van der Waals surface area (Å²) >= 11 is 0. The number of aliphatic hydroxyl groups excluding tert-OH is 2. The zero-order chi connectivity index (χ0) is 9.35. The summed E-state index contributed by atoms with van der Waals surface area (Å²) in [6.07, 6.45) is -1.70. The van der Waals surface area contributed by atoms with Gasteiger partial charge >= 0.3 is 0 Å². The van der Waals surface area contributed by atoms with Crippen molar-refractivity contribution in [3.8, 4) is 0 Å². The molecule has 0 amide bonds. The smallest absolute Gasteiger partial charge is 0.139 e. The van der Waals surface area contributed by atoms with E-state index in [-0.39, 0.29) is 12.4 Å². The Morgan fingerprint density at radius 2 is 2.33 bits per heavy atom. The minimum atomic E-state index is -1.54.